The quantitative estimate of drug-likeness (QED) is 0.261. The topological polar surface area (TPSA) is 120 Å². The molecule has 2 N–H and O–H groups in total. The van der Waals surface area contributed by atoms with Crippen molar-refractivity contribution in [2.75, 3.05) is 21.3 Å². The Morgan fingerprint density at radius 2 is 1.83 bits per heavy atom. The molecule has 2 aromatic carbocycles. The molecule has 2 heterocycles. The van der Waals surface area contributed by atoms with Gasteiger partial charge in [-0.25, -0.2) is 10.4 Å². The van der Waals surface area contributed by atoms with Gasteiger partial charge in [0.25, 0.3) is 11.5 Å². The van der Waals surface area contributed by atoms with E-state index < -0.39 is 5.91 Å². The number of fused-ring (bicyclic) bond motifs is 1. The van der Waals surface area contributed by atoms with Crippen LogP contribution in [0.2, 0.25) is 0 Å². The molecule has 4 rings (SSSR count). The van der Waals surface area contributed by atoms with Gasteiger partial charge in [-0.05, 0) is 37.6 Å². The number of benzene rings is 2. The van der Waals surface area contributed by atoms with Crippen molar-refractivity contribution in [1.29, 1.82) is 0 Å². The van der Waals surface area contributed by atoms with Gasteiger partial charge >= 0.3 is 0 Å². The number of hydrazone groups is 1. The first kappa shape index (κ1) is 25.0. The molecule has 10 nitrogen and oxygen atoms in total. The van der Waals surface area contributed by atoms with Gasteiger partial charge in [0.15, 0.2) is 11.5 Å². The van der Waals surface area contributed by atoms with Gasteiger partial charge in [0.1, 0.15) is 0 Å². The van der Waals surface area contributed by atoms with Gasteiger partial charge in [0.2, 0.25) is 10.9 Å². The van der Waals surface area contributed by atoms with Crippen molar-refractivity contribution in [2.45, 2.75) is 26.7 Å². The number of aromatic amines is 1. The summed E-state index contributed by atoms with van der Waals surface area (Å²) in [5.74, 6) is 0.574. The minimum absolute atomic E-state index is 0.260. The third-order valence-corrected chi connectivity index (χ3v) is 6.57. The van der Waals surface area contributed by atoms with Gasteiger partial charge in [-0.15, -0.1) is 0 Å². The molecule has 0 spiro atoms. The van der Waals surface area contributed by atoms with Crippen LogP contribution < -0.4 is 25.2 Å². The van der Waals surface area contributed by atoms with Crippen molar-refractivity contribution in [3.63, 3.8) is 0 Å². The zero-order valence-electron chi connectivity index (χ0n) is 20.7. The minimum atomic E-state index is -0.493. The molecule has 1 amide bonds. The van der Waals surface area contributed by atoms with Crippen LogP contribution in [0.25, 0.3) is 15.3 Å². The molecule has 11 heteroatoms. The lowest BCUT2D eigenvalue weighted by molar-refractivity contribution is 0.0954. The molecule has 0 saturated heterocycles. The summed E-state index contributed by atoms with van der Waals surface area (Å²) in [7, 11) is 4.43. The second kappa shape index (κ2) is 10.6. The number of nitrogens with one attached hydrogen (secondary N) is 2. The molecular weight excluding hydrogens is 482 g/mol. The van der Waals surface area contributed by atoms with E-state index in [1.54, 1.807) is 6.92 Å². The third-order valence-electron chi connectivity index (χ3n) is 5.55. The molecule has 0 aliphatic heterocycles. The Morgan fingerprint density at radius 3 is 2.44 bits per heavy atom. The first-order valence-corrected chi connectivity index (χ1v) is 12.1. The van der Waals surface area contributed by atoms with E-state index in [1.807, 2.05) is 31.2 Å². The number of carbonyl (C=O) groups is 1. The molecule has 0 atom stereocenters. The number of aryl methyl sites for hydroxylation is 1. The van der Waals surface area contributed by atoms with Crippen molar-refractivity contribution >= 4 is 33.2 Å². The summed E-state index contributed by atoms with van der Waals surface area (Å²) in [5, 5.41) is 7.96. The van der Waals surface area contributed by atoms with E-state index >= 15 is 0 Å². The summed E-state index contributed by atoms with van der Waals surface area (Å²) in [6.45, 7) is 3.71. The normalized spacial score (nSPS) is 11.5. The molecule has 0 fully saturated rings. The van der Waals surface area contributed by atoms with Crippen molar-refractivity contribution in [3.8, 4) is 22.4 Å². The molecule has 188 valence electrons. The smallest absolute Gasteiger partial charge is 0.282 e. The van der Waals surface area contributed by atoms with Crippen LogP contribution in [-0.4, -0.2) is 47.7 Å². The van der Waals surface area contributed by atoms with Crippen LogP contribution in [0.3, 0.4) is 0 Å². The van der Waals surface area contributed by atoms with Gasteiger partial charge in [-0.1, -0.05) is 36.8 Å². The maximum atomic E-state index is 13.4. The highest BCUT2D eigenvalue weighted by Crippen LogP contribution is 2.38. The summed E-state index contributed by atoms with van der Waals surface area (Å²) in [4.78, 5) is 30.8. The van der Waals surface area contributed by atoms with Crippen LogP contribution in [0.15, 0.2) is 46.3 Å². The Hall–Kier alpha value is -4.12. The fraction of sp³-hybridized carbons (Fsp3) is 0.280. The highest BCUT2D eigenvalue weighted by molar-refractivity contribution is 7.20. The van der Waals surface area contributed by atoms with Crippen LogP contribution >= 0.6 is 11.3 Å². The highest BCUT2D eigenvalue weighted by atomic mass is 32.1. The zero-order chi connectivity index (χ0) is 25.8. The number of hydrogen-bond acceptors (Lipinski definition) is 8. The van der Waals surface area contributed by atoms with Crippen molar-refractivity contribution in [3.05, 3.63) is 63.6 Å². The van der Waals surface area contributed by atoms with Crippen LogP contribution in [0, 0.1) is 0 Å². The number of thiazole rings is 1. The van der Waals surface area contributed by atoms with Crippen LogP contribution in [0.5, 0.6) is 17.2 Å². The van der Waals surface area contributed by atoms with Crippen molar-refractivity contribution in [1.82, 2.24) is 20.2 Å². The fourth-order valence-corrected chi connectivity index (χ4v) is 4.77. The number of para-hydroxylation sites is 1. The average molecular weight is 510 g/mol. The molecule has 4 aromatic rings. The van der Waals surface area contributed by atoms with E-state index in [4.69, 9.17) is 14.2 Å². The largest absolute Gasteiger partial charge is 0.493 e. The summed E-state index contributed by atoms with van der Waals surface area (Å²) in [6, 6.07) is 10.8. The molecule has 36 heavy (non-hydrogen) atoms. The number of aromatic nitrogens is 3. The van der Waals surface area contributed by atoms with E-state index in [0.717, 1.165) is 22.3 Å². The molecule has 0 bridgehead atoms. The van der Waals surface area contributed by atoms with E-state index in [1.165, 1.54) is 49.5 Å². The number of H-pyrrole nitrogens is 1. The minimum Gasteiger partial charge on any atom is -0.493 e. The molecular formula is C25H27N5O5S. The van der Waals surface area contributed by atoms with E-state index in [-0.39, 0.29) is 11.1 Å². The number of carbonyl (C=O) groups excluding carboxylic acids is 1. The lowest BCUT2D eigenvalue weighted by atomic mass is 10.1. The zero-order valence-corrected chi connectivity index (χ0v) is 21.5. The Kier molecular flexibility index (Phi) is 7.39. The maximum Gasteiger partial charge on any atom is 0.282 e. The van der Waals surface area contributed by atoms with Gasteiger partial charge in [0, 0.05) is 11.3 Å². The summed E-state index contributed by atoms with van der Waals surface area (Å²) < 4.78 is 18.4. The Morgan fingerprint density at radius 1 is 1.14 bits per heavy atom. The lowest BCUT2D eigenvalue weighted by Crippen LogP contribution is -2.23. The number of rotatable bonds is 9. The number of nitrogens with zero attached hydrogens (tertiary/aromatic N) is 3. The second-order valence-electron chi connectivity index (χ2n) is 7.87. The molecule has 0 saturated carbocycles. The molecule has 2 aromatic heterocycles. The Labute approximate surface area is 211 Å². The van der Waals surface area contributed by atoms with Gasteiger partial charge in [-0.2, -0.15) is 9.78 Å². The number of hydrogen-bond donors (Lipinski definition) is 2. The predicted octanol–water partition coefficient (Wildman–Crippen LogP) is 3.91. The average Bonchev–Trinajstić information content (AvgIpc) is 3.46. The summed E-state index contributed by atoms with van der Waals surface area (Å²) >= 11 is 1.42. The number of ether oxygens (including phenoxy) is 3. The highest BCUT2D eigenvalue weighted by Gasteiger charge is 2.21. The molecule has 0 aliphatic rings. The standard InChI is InChI=1S/C25H27N5O5S/c1-6-9-17-21(24(32)30(29-17)25-26-16-10-7-8-11-20(16)36-25)14(2)27-28-23(31)15-12-18(33-3)22(35-5)19(13-15)34-4/h7-8,10-13,29H,6,9H2,1-5H3,(H,28,31). The second-order valence-corrected chi connectivity index (χ2v) is 8.88. The predicted molar refractivity (Wildman–Crippen MR) is 139 cm³/mol. The third kappa shape index (κ3) is 4.69. The molecule has 0 radical (unpaired) electrons. The SMILES string of the molecule is CCCc1[nH]n(-c2nc3ccccc3s2)c(=O)c1C(C)=NNC(=O)c1cc(OC)c(OC)c(OC)c1. The van der Waals surface area contributed by atoms with Gasteiger partial charge < -0.3 is 14.2 Å². The monoisotopic (exact) mass is 509 g/mol. The lowest BCUT2D eigenvalue weighted by Gasteiger charge is -2.13. The Bertz CT molecular complexity index is 1440. The summed E-state index contributed by atoms with van der Waals surface area (Å²) in [5.41, 5.74) is 4.84. The van der Waals surface area contributed by atoms with Crippen molar-refractivity contribution in [2.24, 2.45) is 5.10 Å². The first-order valence-electron chi connectivity index (χ1n) is 11.3. The van der Waals surface area contributed by atoms with E-state index in [2.05, 4.69) is 20.6 Å². The maximum absolute atomic E-state index is 13.4. The van der Waals surface area contributed by atoms with Crippen LogP contribution in [0.1, 0.15) is 41.9 Å². The summed E-state index contributed by atoms with van der Waals surface area (Å²) in [6.07, 6.45) is 1.45. The first-order chi connectivity index (χ1) is 17.4. The van der Waals surface area contributed by atoms with Crippen LogP contribution in [0.4, 0.5) is 0 Å². The molecule has 0 unspecified atom stereocenters. The fourth-order valence-electron chi connectivity index (χ4n) is 3.84. The van der Waals surface area contributed by atoms with Gasteiger partial charge in [-0.3, -0.25) is 14.7 Å². The Balaban J connectivity index is 1.67. The number of amides is 1. The van der Waals surface area contributed by atoms with Gasteiger partial charge in [0.05, 0.1) is 42.8 Å². The molecule has 0 aliphatic carbocycles. The van der Waals surface area contributed by atoms with E-state index in [0.29, 0.717) is 40.1 Å². The van der Waals surface area contributed by atoms with Crippen LogP contribution in [-0.2, 0) is 6.42 Å². The number of methoxy groups -OCH3 is 3. The van der Waals surface area contributed by atoms with Crippen molar-refractivity contribution < 1.29 is 19.0 Å². The van der Waals surface area contributed by atoms with E-state index in [9.17, 15) is 9.59 Å².